The van der Waals surface area contributed by atoms with Crippen molar-refractivity contribution in [2.45, 2.75) is 12.6 Å². The van der Waals surface area contributed by atoms with Crippen LogP contribution in [0.1, 0.15) is 5.56 Å². The van der Waals surface area contributed by atoms with E-state index in [-0.39, 0.29) is 6.61 Å². The minimum Gasteiger partial charge on any atom is -0.480 e. The predicted molar refractivity (Wildman–Crippen MR) is 61.6 cm³/mol. The maximum atomic E-state index is 10.8. The van der Waals surface area contributed by atoms with E-state index in [0.717, 1.165) is 5.56 Å². The number of carboxylic acids is 1. The van der Waals surface area contributed by atoms with Gasteiger partial charge in [-0.25, -0.2) is 0 Å². The second-order valence-corrected chi connectivity index (χ2v) is 3.79. The molecule has 0 bridgehead atoms. The Hall–Kier alpha value is -1.10. The summed E-state index contributed by atoms with van der Waals surface area (Å²) in [6.45, 7) is 0.612. The van der Waals surface area contributed by atoms with Crippen LogP contribution in [0.15, 0.2) is 24.3 Å². The Balaban J connectivity index is 2.48. The van der Waals surface area contributed by atoms with E-state index in [9.17, 15) is 4.79 Å². The first-order valence-corrected chi connectivity index (χ1v) is 5.21. The summed E-state index contributed by atoms with van der Waals surface area (Å²) in [6.07, 6.45) is 0. The zero-order valence-electron chi connectivity index (χ0n) is 8.94. The van der Waals surface area contributed by atoms with E-state index in [1.165, 1.54) is 7.11 Å². The van der Waals surface area contributed by atoms with E-state index in [0.29, 0.717) is 11.6 Å². The fourth-order valence-electron chi connectivity index (χ4n) is 1.23. The average molecular weight is 244 g/mol. The van der Waals surface area contributed by atoms with E-state index in [2.05, 4.69) is 5.32 Å². The molecule has 16 heavy (non-hydrogen) atoms. The molecule has 1 aromatic carbocycles. The highest BCUT2D eigenvalue weighted by Crippen LogP contribution is 2.09. The van der Waals surface area contributed by atoms with Gasteiger partial charge in [0.2, 0.25) is 0 Å². The molecule has 1 atom stereocenters. The average Bonchev–Trinajstić information content (AvgIpc) is 2.26. The minimum absolute atomic E-state index is 0.142. The van der Waals surface area contributed by atoms with Gasteiger partial charge in [0.05, 0.1) is 6.61 Å². The van der Waals surface area contributed by atoms with Gasteiger partial charge in [0.1, 0.15) is 6.04 Å². The van der Waals surface area contributed by atoms with Gasteiger partial charge < -0.3 is 9.84 Å². The first kappa shape index (κ1) is 13.0. The third-order valence-corrected chi connectivity index (χ3v) is 2.35. The van der Waals surface area contributed by atoms with Crippen molar-refractivity contribution < 1.29 is 14.6 Å². The van der Waals surface area contributed by atoms with Gasteiger partial charge in [0, 0.05) is 18.7 Å². The van der Waals surface area contributed by atoms with Crippen LogP contribution in [0, 0.1) is 0 Å². The molecule has 4 nitrogen and oxygen atoms in total. The Morgan fingerprint density at radius 2 is 2.12 bits per heavy atom. The highest BCUT2D eigenvalue weighted by Gasteiger charge is 2.15. The molecule has 5 heteroatoms. The number of halogens is 1. The Morgan fingerprint density at radius 3 is 2.62 bits per heavy atom. The van der Waals surface area contributed by atoms with Crippen LogP contribution in [-0.4, -0.2) is 30.8 Å². The number of nitrogens with one attached hydrogen (secondary N) is 1. The smallest absolute Gasteiger partial charge is 0.323 e. The summed E-state index contributed by atoms with van der Waals surface area (Å²) < 4.78 is 4.81. The van der Waals surface area contributed by atoms with Gasteiger partial charge in [-0.05, 0) is 17.7 Å². The first-order chi connectivity index (χ1) is 7.63. The van der Waals surface area contributed by atoms with Crippen LogP contribution >= 0.6 is 11.6 Å². The number of rotatable bonds is 6. The van der Waals surface area contributed by atoms with Crippen molar-refractivity contribution in [2.24, 2.45) is 0 Å². The zero-order chi connectivity index (χ0) is 12.0. The topological polar surface area (TPSA) is 58.6 Å². The standard InChI is InChI=1S/C11H14ClNO3/c1-16-7-10(11(14)15)13-6-8-2-4-9(12)5-3-8/h2-5,10,13H,6-7H2,1H3,(H,14,15). The van der Waals surface area contributed by atoms with Crippen molar-refractivity contribution in [1.82, 2.24) is 5.32 Å². The Bertz CT molecular complexity index is 340. The largest absolute Gasteiger partial charge is 0.480 e. The van der Waals surface area contributed by atoms with Crippen LogP contribution in [0.3, 0.4) is 0 Å². The molecule has 1 unspecified atom stereocenters. The number of carbonyl (C=O) groups is 1. The highest BCUT2D eigenvalue weighted by molar-refractivity contribution is 6.30. The monoisotopic (exact) mass is 243 g/mol. The van der Waals surface area contributed by atoms with Crippen molar-refractivity contribution >= 4 is 17.6 Å². The summed E-state index contributed by atoms with van der Waals surface area (Å²) in [6, 6.07) is 6.54. The number of carboxylic acid groups (broad SMARTS) is 1. The third kappa shape index (κ3) is 4.18. The van der Waals surface area contributed by atoms with Crippen LogP contribution in [0.2, 0.25) is 5.02 Å². The maximum Gasteiger partial charge on any atom is 0.323 e. The van der Waals surface area contributed by atoms with Gasteiger partial charge in [0.25, 0.3) is 0 Å². The van der Waals surface area contributed by atoms with Crippen molar-refractivity contribution in [3.63, 3.8) is 0 Å². The molecule has 0 radical (unpaired) electrons. The fourth-order valence-corrected chi connectivity index (χ4v) is 1.35. The molecular weight excluding hydrogens is 230 g/mol. The summed E-state index contributed by atoms with van der Waals surface area (Å²) in [4.78, 5) is 10.8. The second-order valence-electron chi connectivity index (χ2n) is 3.35. The van der Waals surface area contributed by atoms with E-state index < -0.39 is 12.0 Å². The van der Waals surface area contributed by atoms with Gasteiger partial charge >= 0.3 is 5.97 Å². The second kappa shape index (κ2) is 6.48. The fraction of sp³-hybridized carbons (Fsp3) is 0.364. The normalized spacial score (nSPS) is 12.4. The van der Waals surface area contributed by atoms with E-state index in [1.54, 1.807) is 12.1 Å². The molecule has 0 fully saturated rings. The highest BCUT2D eigenvalue weighted by atomic mass is 35.5. The van der Waals surface area contributed by atoms with Crippen LogP contribution in [0.25, 0.3) is 0 Å². The lowest BCUT2D eigenvalue weighted by Gasteiger charge is -2.13. The van der Waals surface area contributed by atoms with Crippen LogP contribution < -0.4 is 5.32 Å². The lowest BCUT2D eigenvalue weighted by molar-refractivity contribution is -0.140. The predicted octanol–water partition coefficient (Wildman–Crippen LogP) is 1.53. The third-order valence-electron chi connectivity index (χ3n) is 2.10. The first-order valence-electron chi connectivity index (χ1n) is 4.83. The summed E-state index contributed by atoms with van der Waals surface area (Å²) in [7, 11) is 1.47. The van der Waals surface area contributed by atoms with Crippen LogP contribution in [-0.2, 0) is 16.1 Å². The number of benzene rings is 1. The van der Waals surface area contributed by atoms with Gasteiger partial charge in [-0.2, -0.15) is 0 Å². The number of hydrogen-bond donors (Lipinski definition) is 2. The van der Waals surface area contributed by atoms with Gasteiger partial charge in [-0.1, -0.05) is 23.7 Å². The molecule has 0 aliphatic heterocycles. The molecule has 0 saturated carbocycles. The molecule has 0 spiro atoms. The van der Waals surface area contributed by atoms with E-state index in [4.69, 9.17) is 21.4 Å². The summed E-state index contributed by atoms with van der Waals surface area (Å²) in [5.41, 5.74) is 0.978. The minimum atomic E-state index is -0.921. The molecule has 1 aromatic rings. The molecule has 0 aliphatic rings. The van der Waals surface area contributed by atoms with Crippen molar-refractivity contribution in [1.29, 1.82) is 0 Å². The molecule has 88 valence electrons. The number of hydrogen-bond acceptors (Lipinski definition) is 3. The number of aliphatic carboxylic acids is 1. The summed E-state index contributed by atoms with van der Waals surface area (Å²) >= 11 is 5.74. The van der Waals surface area contributed by atoms with Gasteiger partial charge in [-0.15, -0.1) is 0 Å². The molecule has 0 amide bonds. The molecular formula is C11H14ClNO3. The van der Waals surface area contributed by atoms with E-state index >= 15 is 0 Å². The van der Waals surface area contributed by atoms with Crippen LogP contribution in [0.5, 0.6) is 0 Å². The molecule has 0 aromatic heterocycles. The number of methoxy groups -OCH3 is 1. The van der Waals surface area contributed by atoms with Gasteiger partial charge in [-0.3, -0.25) is 10.1 Å². The van der Waals surface area contributed by atoms with Crippen LogP contribution in [0.4, 0.5) is 0 Å². The molecule has 2 N–H and O–H groups in total. The summed E-state index contributed by atoms with van der Waals surface area (Å²) in [5.74, 6) is -0.921. The lowest BCUT2D eigenvalue weighted by Crippen LogP contribution is -2.39. The quantitative estimate of drug-likeness (QED) is 0.796. The molecule has 0 saturated heterocycles. The van der Waals surface area contributed by atoms with Crippen molar-refractivity contribution in [3.05, 3.63) is 34.9 Å². The Labute approximate surface area is 99.2 Å². The summed E-state index contributed by atoms with van der Waals surface area (Å²) in [5, 5.41) is 12.4. The van der Waals surface area contributed by atoms with Crippen molar-refractivity contribution in [2.75, 3.05) is 13.7 Å². The lowest BCUT2D eigenvalue weighted by atomic mass is 10.2. The SMILES string of the molecule is COCC(NCc1ccc(Cl)cc1)C(=O)O. The molecule has 1 rings (SSSR count). The molecule has 0 aliphatic carbocycles. The number of ether oxygens (including phenoxy) is 1. The Kier molecular flexibility index (Phi) is 5.25. The van der Waals surface area contributed by atoms with Crippen molar-refractivity contribution in [3.8, 4) is 0 Å². The Morgan fingerprint density at radius 1 is 1.50 bits per heavy atom. The van der Waals surface area contributed by atoms with Gasteiger partial charge in [0.15, 0.2) is 0 Å². The van der Waals surface area contributed by atoms with E-state index in [1.807, 2.05) is 12.1 Å². The maximum absolute atomic E-state index is 10.8. The molecule has 0 heterocycles. The zero-order valence-corrected chi connectivity index (χ0v) is 9.70.